The molecule has 9 heteroatoms. The van der Waals surface area contributed by atoms with Gasteiger partial charge in [0.2, 0.25) is 11.8 Å². The van der Waals surface area contributed by atoms with Crippen molar-refractivity contribution in [3.05, 3.63) is 22.9 Å². The first kappa shape index (κ1) is 16.6. The van der Waals surface area contributed by atoms with Crippen LogP contribution in [-0.4, -0.2) is 75.5 Å². The fraction of sp³-hybridized carbons (Fsp3) is 0.562. The number of carbonyl (C=O) groups excluding carboxylic acids is 2. The van der Waals surface area contributed by atoms with Gasteiger partial charge in [-0.3, -0.25) is 14.5 Å². The van der Waals surface area contributed by atoms with Crippen LogP contribution in [0.3, 0.4) is 0 Å². The molecule has 0 bridgehead atoms. The fourth-order valence-electron chi connectivity index (χ4n) is 3.88. The number of carboxylic acids is 1. The molecule has 0 spiro atoms. The number of nitrogens with one attached hydrogen (secondary N) is 1. The van der Waals surface area contributed by atoms with Crippen molar-refractivity contribution < 1.29 is 19.5 Å². The number of allylic oxidation sites excluding steroid dienone is 1. The third kappa shape index (κ3) is 2.57. The molecule has 4 heterocycles. The van der Waals surface area contributed by atoms with Gasteiger partial charge in [0.05, 0.1) is 0 Å². The normalized spacial score (nSPS) is 34.0. The Morgan fingerprint density at radius 1 is 1.40 bits per heavy atom. The molecule has 4 aliphatic heterocycles. The number of carbonyl (C=O) groups is 3. The van der Waals surface area contributed by atoms with Crippen LogP contribution >= 0.6 is 11.8 Å². The lowest BCUT2D eigenvalue weighted by atomic mass is 10.0. The summed E-state index contributed by atoms with van der Waals surface area (Å²) in [5.41, 5.74) is 6.86. The Labute approximate surface area is 149 Å². The standard InChI is InChI=1S/C16H20N4O4S/c17-11-14(22)20-12(16(23)24)9(7-25-15(11)20)5-8-2-4-19(13(8)21)10-1-3-18-6-10/h5,10-11,15,18H,1-4,6-7,17H2,(H,23,24)/b8-5+/t10?,11-,15-/m1/s1. The van der Waals surface area contributed by atoms with Gasteiger partial charge in [0, 0.05) is 30.5 Å². The highest BCUT2D eigenvalue weighted by atomic mass is 32.2. The van der Waals surface area contributed by atoms with Crippen molar-refractivity contribution in [3.63, 3.8) is 0 Å². The van der Waals surface area contributed by atoms with Crippen LogP contribution in [-0.2, 0) is 14.4 Å². The molecule has 0 saturated carbocycles. The number of hydrogen-bond donors (Lipinski definition) is 3. The van der Waals surface area contributed by atoms with Gasteiger partial charge in [-0.2, -0.15) is 0 Å². The molecular formula is C16H20N4O4S. The SMILES string of the molecule is N[C@@H]1C(=O)N2C(C(=O)O)=C(/C=C3\CCN(C4CCNC4)C3=O)CS[C@H]12. The molecule has 4 rings (SSSR count). The molecule has 3 atom stereocenters. The van der Waals surface area contributed by atoms with Crippen LogP contribution in [0.5, 0.6) is 0 Å². The smallest absolute Gasteiger partial charge is 0.352 e. The van der Waals surface area contributed by atoms with E-state index in [1.807, 2.05) is 4.90 Å². The maximum atomic E-state index is 12.7. The van der Waals surface area contributed by atoms with Crippen molar-refractivity contribution in [1.29, 1.82) is 0 Å². The van der Waals surface area contributed by atoms with E-state index in [1.54, 1.807) is 6.08 Å². The molecule has 0 aliphatic carbocycles. The van der Waals surface area contributed by atoms with Gasteiger partial charge < -0.3 is 21.1 Å². The van der Waals surface area contributed by atoms with Crippen molar-refractivity contribution in [2.45, 2.75) is 30.3 Å². The molecule has 0 aromatic rings. The minimum Gasteiger partial charge on any atom is -0.477 e. The van der Waals surface area contributed by atoms with Crippen molar-refractivity contribution in [2.75, 3.05) is 25.4 Å². The van der Waals surface area contributed by atoms with E-state index in [9.17, 15) is 19.5 Å². The second-order valence-corrected chi connectivity index (χ2v) is 7.78. The molecule has 0 radical (unpaired) electrons. The van der Waals surface area contributed by atoms with Crippen molar-refractivity contribution in [3.8, 4) is 0 Å². The average molecular weight is 364 g/mol. The summed E-state index contributed by atoms with van der Waals surface area (Å²) >= 11 is 1.44. The lowest BCUT2D eigenvalue weighted by molar-refractivity contribution is -0.147. The summed E-state index contributed by atoms with van der Waals surface area (Å²) < 4.78 is 0. The largest absolute Gasteiger partial charge is 0.477 e. The quantitative estimate of drug-likeness (QED) is 0.438. The highest BCUT2D eigenvalue weighted by molar-refractivity contribution is 8.00. The number of hydrogen-bond acceptors (Lipinski definition) is 6. The molecule has 3 fully saturated rings. The van der Waals surface area contributed by atoms with Crippen LogP contribution in [0.25, 0.3) is 0 Å². The molecule has 0 aromatic heterocycles. The summed E-state index contributed by atoms with van der Waals surface area (Å²) in [5, 5.41) is 12.5. The zero-order valence-corrected chi connectivity index (χ0v) is 14.4. The van der Waals surface area contributed by atoms with Crippen LogP contribution in [0.4, 0.5) is 0 Å². The lowest BCUT2D eigenvalue weighted by Gasteiger charge is -2.47. The van der Waals surface area contributed by atoms with Gasteiger partial charge in [-0.1, -0.05) is 0 Å². The van der Waals surface area contributed by atoms with Crippen molar-refractivity contribution in [2.24, 2.45) is 5.73 Å². The highest BCUT2D eigenvalue weighted by Gasteiger charge is 2.51. The molecule has 3 saturated heterocycles. The van der Waals surface area contributed by atoms with Crippen LogP contribution in [0.2, 0.25) is 0 Å². The third-order valence-electron chi connectivity index (χ3n) is 5.22. The van der Waals surface area contributed by atoms with Gasteiger partial charge >= 0.3 is 5.97 Å². The lowest BCUT2D eigenvalue weighted by Crippen LogP contribution is -2.68. The van der Waals surface area contributed by atoms with Crippen LogP contribution < -0.4 is 11.1 Å². The number of nitrogens with two attached hydrogens (primary N) is 1. The summed E-state index contributed by atoms with van der Waals surface area (Å²) in [7, 11) is 0. The van der Waals surface area contributed by atoms with Gasteiger partial charge in [-0.05, 0) is 31.0 Å². The first-order valence-electron chi connectivity index (χ1n) is 8.38. The minimum absolute atomic E-state index is 0.0234. The van der Waals surface area contributed by atoms with Gasteiger partial charge in [0.1, 0.15) is 17.1 Å². The summed E-state index contributed by atoms with van der Waals surface area (Å²) in [4.78, 5) is 39.5. The van der Waals surface area contributed by atoms with E-state index >= 15 is 0 Å². The Hall–Kier alpha value is -1.84. The predicted octanol–water partition coefficient (Wildman–Crippen LogP) is -0.912. The maximum Gasteiger partial charge on any atom is 0.352 e. The van der Waals surface area contributed by atoms with Crippen molar-refractivity contribution in [1.82, 2.24) is 15.1 Å². The Kier molecular flexibility index (Phi) is 4.09. The number of β-lactam (4-membered cyclic amide) rings is 1. The number of nitrogens with zero attached hydrogens (tertiary/aromatic N) is 2. The molecule has 4 aliphatic rings. The molecule has 2 amide bonds. The monoisotopic (exact) mass is 364 g/mol. The highest BCUT2D eigenvalue weighted by Crippen LogP contribution is 2.40. The Morgan fingerprint density at radius 2 is 2.20 bits per heavy atom. The number of amides is 2. The predicted molar refractivity (Wildman–Crippen MR) is 91.4 cm³/mol. The van der Waals surface area contributed by atoms with E-state index in [-0.39, 0.29) is 28.9 Å². The van der Waals surface area contributed by atoms with Gasteiger partial charge in [0.15, 0.2) is 0 Å². The first-order chi connectivity index (χ1) is 12.0. The van der Waals surface area contributed by atoms with E-state index < -0.39 is 12.0 Å². The minimum atomic E-state index is -1.15. The number of thioether (sulfide) groups is 1. The molecular weight excluding hydrogens is 344 g/mol. The maximum absolute atomic E-state index is 12.7. The Balaban J connectivity index is 1.62. The van der Waals surface area contributed by atoms with E-state index in [1.165, 1.54) is 16.7 Å². The molecule has 0 aromatic carbocycles. The number of aliphatic carboxylic acids is 1. The molecule has 25 heavy (non-hydrogen) atoms. The van der Waals surface area contributed by atoms with Crippen LogP contribution in [0.1, 0.15) is 12.8 Å². The number of fused-ring (bicyclic) bond motifs is 1. The average Bonchev–Trinajstić information content (AvgIpc) is 3.24. The number of rotatable bonds is 3. The topological polar surface area (TPSA) is 116 Å². The van der Waals surface area contributed by atoms with Crippen LogP contribution in [0.15, 0.2) is 22.9 Å². The number of likely N-dealkylation sites (tertiary alicyclic amines) is 1. The van der Waals surface area contributed by atoms with E-state index in [0.29, 0.717) is 29.9 Å². The van der Waals surface area contributed by atoms with Gasteiger partial charge in [-0.25, -0.2) is 4.79 Å². The van der Waals surface area contributed by atoms with E-state index in [4.69, 9.17) is 5.73 Å². The van der Waals surface area contributed by atoms with Crippen LogP contribution in [0, 0.1) is 0 Å². The van der Waals surface area contributed by atoms with E-state index in [0.717, 1.165) is 19.5 Å². The zero-order valence-electron chi connectivity index (χ0n) is 13.6. The van der Waals surface area contributed by atoms with Crippen molar-refractivity contribution >= 4 is 29.5 Å². The molecule has 134 valence electrons. The van der Waals surface area contributed by atoms with Gasteiger partial charge in [-0.15, -0.1) is 11.8 Å². The summed E-state index contributed by atoms with van der Waals surface area (Å²) in [5.74, 6) is -1.11. The Bertz CT molecular complexity index is 713. The second-order valence-electron chi connectivity index (χ2n) is 6.68. The first-order valence-corrected chi connectivity index (χ1v) is 9.43. The molecule has 8 nitrogen and oxygen atoms in total. The summed E-state index contributed by atoms with van der Waals surface area (Å²) in [6.07, 6.45) is 3.22. The molecule has 1 unspecified atom stereocenters. The number of carboxylic acid groups (broad SMARTS) is 1. The summed E-state index contributed by atoms with van der Waals surface area (Å²) in [6, 6.07) is -0.432. The van der Waals surface area contributed by atoms with Gasteiger partial charge in [0.25, 0.3) is 0 Å². The molecule has 4 N–H and O–H groups in total. The second kappa shape index (κ2) is 6.15. The fourth-order valence-corrected chi connectivity index (χ4v) is 5.14. The van der Waals surface area contributed by atoms with E-state index in [2.05, 4.69) is 5.32 Å². The third-order valence-corrected chi connectivity index (χ3v) is 6.55. The zero-order chi connectivity index (χ0) is 17.7. The summed E-state index contributed by atoms with van der Waals surface area (Å²) in [6.45, 7) is 2.38. The Morgan fingerprint density at radius 3 is 2.88 bits per heavy atom.